The highest BCUT2D eigenvalue weighted by atomic mass is 16.5. The molecule has 1 aromatic rings. The van der Waals surface area contributed by atoms with E-state index in [1.54, 1.807) is 0 Å². The van der Waals surface area contributed by atoms with E-state index in [0.717, 1.165) is 31.0 Å². The molecule has 1 aliphatic rings. The Morgan fingerprint density at radius 2 is 2.39 bits per heavy atom. The van der Waals surface area contributed by atoms with Crippen molar-refractivity contribution in [3.05, 3.63) is 23.7 Å². The summed E-state index contributed by atoms with van der Waals surface area (Å²) in [6.45, 7) is 5.14. The molecule has 0 spiro atoms. The van der Waals surface area contributed by atoms with Crippen molar-refractivity contribution in [3.8, 4) is 0 Å². The molecule has 5 heteroatoms. The highest BCUT2D eigenvalue weighted by Gasteiger charge is 2.17. The van der Waals surface area contributed by atoms with Gasteiger partial charge in [-0.15, -0.1) is 0 Å². The van der Waals surface area contributed by atoms with E-state index in [1.165, 1.54) is 0 Å². The Kier molecular flexibility index (Phi) is 4.25. The van der Waals surface area contributed by atoms with Gasteiger partial charge in [0.25, 0.3) is 0 Å². The van der Waals surface area contributed by atoms with E-state index in [9.17, 15) is 4.79 Å². The highest BCUT2D eigenvalue weighted by Crippen LogP contribution is 2.15. The normalized spacial score (nSPS) is 20.7. The van der Waals surface area contributed by atoms with Gasteiger partial charge >= 0.3 is 6.03 Å². The zero-order valence-electron chi connectivity index (χ0n) is 10.9. The molecule has 0 radical (unpaired) electrons. The van der Waals surface area contributed by atoms with Gasteiger partial charge in [-0.3, -0.25) is 0 Å². The van der Waals surface area contributed by atoms with Crippen molar-refractivity contribution in [1.82, 2.24) is 10.6 Å². The topological polar surface area (TPSA) is 63.5 Å². The van der Waals surface area contributed by atoms with Crippen LogP contribution in [-0.2, 0) is 4.74 Å². The first-order valence-electron chi connectivity index (χ1n) is 6.37. The summed E-state index contributed by atoms with van der Waals surface area (Å²) in [6.07, 6.45) is 2.26. The van der Waals surface area contributed by atoms with Crippen molar-refractivity contribution >= 4 is 6.03 Å². The molecule has 2 atom stereocenters. The molecule has 0 aromatic carbocycles. The van der Waals surface area contributed by atoms with Crippen LogP contribution in [0.4, 0.5) is 4.79 Å². The van der Waals surface area contributed by atoms with Crippen molar-refractivity contribution in [3.63, 3.8) is 0 Å². The molecule has 100 valence electrons. The third-order valence-corrected chi connectivity index (χ3v) is 3.05. The molecule has 0 aliphatic carbocycles. The lowest BCUT2D eigenvalue weighted by atomic mass is 10.2. The van der Waals surface area contributed by atoms with Crippen LogP contribution in [0.2, 0.25) is 0 Å². The van der Waals surface area contributed by atoms with Crippen molar-refractivity contribution in [2.75, 3.05) is 13.2 Å². The minimum atomic E-state index is -0.188. The molecule has 2 rings (SSSR count). The van der Waals surface area contributed by atoms with Crippen molar-refractivity contribution in [1.29, 1.82) is 0 Å². The van der Waals surface area contributed by atoms with E-state index in [0.29, 0.717) is 6.54 Å². The summed E-state index contributed by atoms with van der Waals surface area (Å²) in [5.74, 6) is 1.61. The van der Waals surface area contributed by atoms with Crippen molar-refractivity contribution < 1.29 is 13.9 Å². The lowest BCUT2D eigenvalue weighted by Crippen LogP contribution is -2.40. The molecule has 1 saturated heterocycles. The summed E-state index contributed by atoms with van der Waals surface area (Å²) in [5.41, 5.74) is 0. The molecular formula is C13H20N2O3. The Hall–Kier alpha value is -1.49. The smallest absolute Gasteiger partial charge is 0.315 e. The Balaban J connectivity index is 1.73. The van der Waals surface area contributed by atoms with Gasteiger partial charge in [0, 0.05) is 13.2 Å². The van der Waals surface area contributed by atoms with Crippen molar-refractivity contribution in [2.24, 2.45) is 0 Å². The second-order valence-electron chi connectivity index (χ2n) is 4.66. The fourth-order valence-corrected chi connectivity index (χ4v) is 2.02. The van der Waals surface area contributed by atoms with Crippen LogP contribution in [0.1, 0.15) is 37.3 Å². The number of hydrogen-bond donors (Lipinski definition) is 2. The van der Waals surface area contributed by atoms with E-state index in [2.05, 4.69) is 10.6 Å². The van der Waals surface area contributed by atoms with E-state index in [1.807, 2.05) is 26.0 Å². The summed E-state index contributed by atoms with van der Waals surface area (Å²) in [7, 11) is 0. The number of ether oxygens (including phenoxy) is 1. The molecule has 1 fully saturated rings. The Morgan fingerprint density at radius 3 is 3.00 bits per heavy atom. The number of carbonyl (C=O) groups is 1. The molecule has 0 unspecified atom stereocenters. The first kappa shape index (κ1) is 13.0. The predicted octanol–water partition coefficient (Wildman–Crippen LogP) is 2.13. The van der Waals surface area contributed by atoms with E-state index in [-0.39, 0.29) is 18.2 Å². The highest BCUT2D eigenvalue weighted by molar-refractivity contribution is 5.74. The van der Waals surface area contributed by atoms with Crippen LogP contribution in [0, 0.1) is 6.92 Å². The average molecular weight is 252 g/mol. The maximum atomic E-state index is 11.7. The Labute approximate surface area is 107 Å². The number of hydrogen-bond acceptors (Lipinski definition) is 3. The van der Waals surface area contributed by atoms with Gasteiger partial charge < -0.3 is 19.8 Å². The van der Waals surface area contributed by atoms with E-state index >= 15 is 0 Å². The SMILES string of the molecule is Cc1ccc([C@H](C)NC(=O)NC[C@@H]2CCCO2)o1. The van der Waals surface area contributed by atoms with Crippen LogP contribution in [-0.4, -0.2) is 25.3 Å². The van der Waals surface area contributed by atoms with Gasteiger partial charge in [0.05, 0.1) is 12.1 Å². The number of aryl methyl sites for hydroxylation is 1. The Bertz CT molecular complexity index is 397. The minimum Gasteiger partial charge on any atom is -0.464 e. The van der Waals surface area contributed by atoms with Gasteiger partial charge in [-0.05, 0) is 38.8 Å². The average Bonchev–Trinajstić information content (AvgIpc) is 2.97. The third kappa shape index (κ3) is 3.50. The standard InChI is InChI=1S/C13H20N2O3/c1-9-5-6-12(18-9)10(2)15-13(16)14-8-11-4-3-7-17-11/h5-6,10-11H,3-4,7-8H2,1-2H3,(H2,14,15,16)/t10-,11-/m0/s1. The molecular weight excluding hydrogens is 232 g/mol. The van der Waals surface area contributed by atoms with Crippen LogP contribution < -0.4 is 10.6 Å². The van der Waals surface area contributed by atoms with Crippen LogP contribution in [0.5, 0.6) is 0 Å². The molecule has 1 aromatic heterocycles. The summed E-state index contributed by atoms with van der Waals surface area (Å²) < 4.78 is 10.9. The number of nitrogens with one attached hydrogen (secondary N) is 2. The number of urea groups is 1. The fourth-order valence-electron chi connectivity index (χ4n) is 2.02. The number of amides is 2. The van der Waals surface area contributed by atoms with Crippen LogP contribution in [0.3, 0.4) is 0 Å². The van der Waals surface area contributed by atoms with Gasteiger partial charge in [0.1, 0.15) is 11.5 Å². The first-order chi connectivity index (χ1) is 8.65. The summed E-state index contributed by atoms with van der Waals surface area (Å²) >= 11 is 0. The van der Waals surface area contributed by atoms with E-state index < -0.39 is 0 Å². The van der Waals surface area contributed by atoms with Crippen molar-refractivity contribution in [2.45, 2.75) is 38.8 Å². The second-order valence-corrected chi connectivity index (χ2v) is 4.66. The predicted molar refractivity (Wildman–Crippen MR) is 67.4 cm³/mol. The van der Waals surface area contributed by atoms with Gasteiger partial charge in [0.2, 0.25) is 0 Å². The monoisotopic (exact) mass is 252 g/mol. The van der Waals surface area contributed by atoms with E-state index in [4.69, 9.17) is 9.15 Å². The molecule has 5 nitrogen and oxygen atoms in total. The Morgan fingerprint density at radius 1 is 1.56 bits per heavy atom. The minimum absolute atomic E-state index is 0.136. The molecule has 2 heterocycles. The maximum absolute atomic E-state index is 11.7. The fraction of sp³-hybridized carbons (Fsp3) is 0.615. The third-order valence-electron chi connectivity index (χ3n) is 3.05. The first-order valence-corrected chi connectivity index (χ1v) is 6.37. The second kappa shape index (κ2) is 5.91. The maximum Gasteiger partial charge on any atom is 0.315 e. The summed E-state index contributed by atoms with van der Waals surface area (Å²) in [4.78, 5) is 11.7. The quantitative estimate of drug-likeness (QED) is 0.862. The van der Waals surface area contributed by atoms with Gasteiger partial charge in [-0.1, -0.05) is 0 Å². The molecule has 18 heavy (non-hydrogen) atoms. The number of furan rings is 1. The molecule has 0 bridgehead atoms. The molecule has 2 N–H and O–H groups in total. The lowest BCUT2D eigenvalue weighted by molar-refractivity contribution is 0.111. The molecule has 1 aliphatic heterocycles. The largest absolute Gasteiger partial charge is 0.464 e. The number of carbonyl (C=O) groups excluding carboxylic acids is 1. The summed E-state index contributed by atoms with van der Waals surface area (Å²) in [5, 5.41) is 5.65. The summed E-state index contributed by atoms with van der Waals surface area (Å²) in [6, 6.07) is 3.44. The molecule has 0 saturated carbocycles. The number of rotatable bonds is 4. The van der Waals surface area contributed by atoms with Crippen LogP contribution in [0.15, 0.2) is 16.5 Å². The molecule has 2 amide bonds. The van der Waals surface area contributed by atoms with Gasteiger partial charge in [0.15, 0.2) is 0 Å². The van der Waals surface area contributed by atoms with Gasteiger partial charge in [-0.25, -0.2) is 4.79 Å². The lowest BCUT2D eigenvalue weighted by Gasteiger charge is -2.14. The van der Waals surface area contributed by atoms with Gasteiger partial charge in [-0.2, -0.15) is 0 Å². The zero-order chi connectivity index (χ0) is 13.0. The van der Waals surface area contributed by atoms with Crippen LogP contribution in [0.25, 0.3) is 0 Å². The van der Waals surface area contributed by atoms with Crippen LogP contribution >= 0.6 is 0 Å². The zero-order valence-corrected chi connectivity index (χ0v) is 10.9.